The van der Waals surface area contributed by atoms with E-state index in [0.717, 1.165) is 31.7 Å². The van der Waals surface area contributed by atoms with E-state index in [1.165, 1.54) is 12.1 Å². The first-order chi connectivity index (χ1) is 20.4. The first-order valence-electron chi connectivity index (χ1n) is 13.8. The van der Waals surface area contributed by atoms with Crippen molar-refractivity contribution in [2.45, 2.75) is 0 Å². The van der Waals surface area contributed by atoms with Crippen molar-refractivity contribution < 1.29 is 29.4 Å². The number of carbonyl (C=O) groups excluding carboxylic acids is 2. The van der Waals surface area contributed by atoms with Gasteiger partial charge in [0.25, 0.3) is 11.8 Å². The molecule has 218 valence electrons. The largest absolute Gasteiger partial charge is 0.478 e. The van der Waals surface area contributed by atoms with Crippen LogP contribution in [-0.4, -0.2) is 90.3 Å². The highest BCUT2D eigenvalue weighted by molar-refractivity contribution is 6.37. The molecule has 1 fully saturated rings. The fraction of sp³-hybridized carbons (Fsp3) is 0.258. The molecule has 0 aliphatic carbocycles. The summed E-state index contributed by atoms with van der Waals surface area (Å²) >= 11 is 0. The van der Waals surface area contributed by atoms with Gasteiger partial charge in [0.15, 0.2) is 0 Å². The molecule has 0 bridgehead atoms. The molecule has 5 rings (SSSR count). The number of anilines is 2. The number of benzene rings is 3. The molecule has 5 N–H and O–H groups in total. The van der Waals surface area contributed by atoms with Gasteiger partial charge in [0.2, 0.25) is 0 Å². The Bertz CT molecular complexity index is 1470. The molecule has 42 heavy (non-hydrogen) atoms. The number of hydrogen-bond acceptors (Lipinski definition) is 8. The zero-order valence-electron chi connectivity index (χ0n) is 23.0. The lowest BCUT2D eigenvalue weighted by Crippen LogP contribution is -2.48. The maximum Gasteiger partial charge on any atom is 0.335 e. The van der Waals surface area contributed by atoms with Crippen LogP contribution in [0.2, 0.25) is 0 Å². The predicted octanol–water partition coefficient (Wildman–Crippen LogP) is 2.59. The summed E-state index contributed by atoms with van der Waals surface area (Å²) in [5, 5.41) is 24.5. The molecule has 0 aromatic heterocycles. The normalized spacial score (nSPS) is 16.5. The van der Waals surface area contributed by atoms with E-state index in [1.807, 2.05) is 30.3 Å². The van der Waals surface area contributed by atoms with Crippen LogP contribution in [0, 0.1) is 0 Å². The molecule has 2 aliphatic rings. The topological polar surface area (TPSA) is 143 Å². The number of nitrogens with zero attached hydrogens (tertiary/aromatic N) is 2. The Balaban J connectivity index is 1.24. The van der Waals surface area contributed by atoms with Gasteiger partial charge in [-0.15, -0.1) is 0 Å². The van der Waals surface area contributed by atoms with Crippen LogP contribution in [0.15, 0.2) is 72.8 Å². The van der Waals surface area contributed by atoms with Crippen molar-refractivity contribution in [2.24, 2.45) is 0 Å². The third-order valence-corrected chi connectivity index (χ3v) is 7.30. The quantitative estimate of drug-likeness (QED) is 0.133. The third kappa shape index (κ3) is 6.84. The van der Waals surface area contributed by atoms with Crippen LogP contribution >= 0.6 is 0 Å². The first kappa shape index (κ1) is 29.0. The summed E-state index contributed by atoms with van der Waals surface area (Å²) in [6.07, 6.45) is 0. The number of hydroxylamine groups is 1. The maximum absolute atomic E-state index is 13.1. The Morgan fingerprint density at radius 1 is 0.857 bits per heavy atom. The van der Waals surface area contributed by atoms with Gasteiger partial charge >= 0.3 is 5.97 Å². The van der Waals surface area contributed by atoms with E-state index in [4.69, 9.17) is 9.94 Å². The van der Waals surface area contributed by atoms with Crippen molar-refractivity contribution in [1.29, 1.82) is 0 Å². The fourth-order valence-electron chi connectivity index (χ4n) is 5.02. The second kappa shape index (κ2) is 13.4. The van der Waals surface area contributed by atoms with Gasteiger partial charge in [0.1, 0.15) is 0 Å². The standard InChI is InChI=1S/C31H33N5O6/c37-18-16-35-12-14-36(15-13-35)17-19-42-34-29(38)22-6-9-24(10-7-22)32-28(21-4-2-1-3-5-21)27-25-11-8-23(31(40)41)20-26(25)33-30(27)39/h1-11,20,32,37H,12-19H2,(H,33,39)(H,34,38)(H,40,41)/b28-27-. The molecule has 2 heterocycles. The maximum atomic E-state index is 13.1. The van der Waals surface area contributed by atoms with Crippen LogP contribution in [-0.2, 0) is 9.63 Å². The monoisotopic (exact) mass is 571 g/mol. The molecule has 2 aliphatic heterocycles. The first-order valence-corrected chi connectivity index (χ1v) is 13.8. The van der Waals surface area contributed by atoms with Crippen molar-refractivity contribution in [3.63, 3.8) is 0 Å². The van der Waals surface area contributed by atoms with Gasteiger partial charge in [0, 0.05) is 56.1 Å². The number of carboxylic acid groups (broad SMARTS) is 1. The zero-order valence-corrected chi connectivity index (χ0v) is 23.0. The number of β-amino-alcohol motifs (C(OH)–C–C–N with tert-alkyl or cyclic N) is 1. The lowest BCUT2D eigenvalue weighted by atomic mass is 9.99. The number of carbonyl (C=O) groups is 3. The number of carboxylic acids is 1. The second-order valence-electron chi connectivity index (χ2n) is 10.0. The summed E-state index contributed by atoms with van der Waals surface area (Å²) in [6.45, 7) is 5.50. The minimum Gasteiger partial charge on any atom is -0.478 e. The Morgan fingerprint density at radius 3 is 2.19 bits per heavy atom. The number of hydrogen-bond donors (Lipinski definition) is 5. The van der Waals surface area contributed by atoms with Crippen molar-refractivity contribution in [3.8, 4) is 0 Å². The third-order valence-electron chi connectivity index (χ3n) is 7.30. The number of aromatic carboxylic acids is 1. The Kier molecular flexibility index (Phi) is 9.25. The van der Waals surface area contributed by atoms with E-state index in [1.54, 1.807) is 30.3 Å². The molecule has 3 aromatic rings. The van der Waals surface area contributed by atoms with E-state index in [2.05, 4.69) is 25.9 Å². The minimum absolute atomic E-state index is 0.0828. The van der Waals surface area contributed by atoms with Crippen LogP contribution in [0.5, 0.6) is 0 Å². The van der Waals surface area contributed by atoms with Gasteiger partial charge in [-0.1, -0.05) is 36.4 Å². The molecule has 0 radical (unpaired) electrons. The SMILES string of the molecule is O=C1Nc2cc(C(=O)O)ccc2/C1=C(/Nc1ccc(C(=O)NOCCN2CCN(CCO)CC2)cc1)c1ccccc1. The Morgan fingerprint density at radius 2 is 1.52 bits per heavy atom. The van der Waals surface area contributed by atoms with E-state index in [9.17, 15) is 19.5 Å². The van der Waals surface area contributed by atoms with Crippen molar-refractivity contribution in [2.75, 3.05) is 63.1 Å². The average molecular weight is 572 g/mol. The Labute approximate surface area is 243 Å². The van der Waals surface area contributed by atoms with Crippen molar-refractivity contribution in [3.05, 3.63) is 95.1 Å². The minimum atomic E-state index is -1.08. The van der Waals surface area contributed by atoms with Crippen LogP contribution in [0.3, 0.4) is 0 Å². The molecule has 11 nitrogen and oxygen atoms in total. The Hall–Kier alpha value is -4.55. The van der Waals surface area contributed by atoms with Crippen LogP contribution < -0.4 is 16.1 Å². The van der Waals surface area contributed by atoms with Crippen LogP contribution in [0.25, 0.3) is 11.3 Å². The highest BCUT2D eigenvalue weighted by Gasteiger charge is 2.29. The molecular formula is C31H33N5O6. The highest BCUT2D eigenvalue weighted by atomic mass is 16.7. The summed E-state index contributed by atoms with van der Waals surface area (Å²) in [7, 11) is 0. The molecule has 0 atom stereocenters. The van der Waals surface area contributed by atoms with E-state index >= 15 is 0 Å². The molecular weight excluding hydrogens is 538 g/mol. The molecule has 2 amide bonds. The highest BCUT2D eigenvalue weighted by Crippen LogP contribution is 2.38. The molecule has 0 saturated carbocycles. The summed E-state index contributed by atoms with van der Waals surface area (Å²) in [4.78, 5) is 47.0. The number of piperazine rings is 1. The van der Waals surface area contributed by atoms with Crippen LogP contribution in [0.1, 0.15) is 31.8 Å². The van der Waals surface area contributed by atoms with E-state index < -0.39 is 5.97 Å². The molecule has 0 spiro atoms. The molecule has 0 unspecified atom stereocenters. The summed E-state index contributed by atoms with van der Waals surface area (Å²) in [5.74, 6) is -1.79. The van der Waals surface area contributed by atoms with Gasteiger partial charge in [-0.2, -0.15) is 0 Å². The lowest BCUT2D eigenvalue weighted by molar-refractivity contribution is -0.110. The van der Waals surface area contributed by atoms with E-state index in [-0.39, 0.29) is 24.0 Å². The van der Waals surface area contributed by atoms with Gasteiger partial charge < -0.3 is 20.8 Å². The van der Waals surface area contributed by atoms with Crippen LogP contribution in [0.4, 0.5) is 11.4 Å². The number of rotatable bonds is 11. The smallest absolute Gasteiger partial charge is 0.335 e. The van der Waals surface area contributed by atoms with Gasteiger partial charge in [0.05, 0.1) is 35.7 Å². The summed E-state index contributed by atoms with van der Waals surface area (Å²) in [6, 6.07) is 20.7. The number of fused-ring (bicyclic) bond motifs is 1. The van der Waals surface area contributed by atoms with Gasteiger partial charge in [-0.3, -0.25) is 24.2 Å². The second-order valence-corrected chi connectivity index (χ2v) is 10.0. The predicted molar refractivity (Wildman–Crippen MR) is 159 cm³/mol. The average Bonchev–Trinajstić information content (AvgIpc) is 3.34. The van der Waals surface area contributed by atoms with Gasteiger partial charge in [-0.05, 0) is 42.0 Å². The van der Waals surface area contributed by atoms with Crippen molar-refractivity contribution in [1.82, 2.24) is 15.3 Å². The molecule has 11 heteroatoms. The summed E-state index contributed by atoms with van der Waals surface area (Å²) in [5.41, 5.74) is 6.37. The summed E-state index contributed by atoms with van der Waals surface area (Å²) < 4.78 is 0. The number of aliphatic hydroxyl groups excluding tert-OH is 1. The number of nitrogens with one attached hydrogen (secondary N) is 3. The number of amides is 2. The van der Waals surface area contributed by atoms with E-state index in [0.29, 0.717) is 53.5 Å². The number of aliphatic hydroxyl groups is 1. The van der Waals surface area contributed by atoms with Gasteiger partial charge in [-0.25, -0.2) is 10.3 Å². The zero-order chi connectivity index (χ0) is 29.5. The lowest BCUT2D eigenvalue weighted by Gasteiger charge is -2.34. The molecule has 1 saturated heterocycles. The van der Waals surface area contributed by atoms with Crippen molar-refractivity contribution >= 4 is 40.4 Å². The molecule has 3 aromatic carbocycles. The fourth-order valence-corrected chi connectivity index (χ4v) is 5.02.